The van der Waals surface area contributed by atoms with Gasteiger partial charge in [0.1, 0.15) is 0 Å². The molecule has 2 aromatic carbocycles. The van der Waals surface area contributed by atoms with E-state index in [0.29, 0.717) is 6.54 Å². The maximum atomic E-state index is 5.48. The Morgan fingerprint density at radius 1 is 1.00 bits per heavy atom. The number of aliphatic imine (C=N–C) groups is 1. The molecule has 7 heteroatoms. The fraction of sp³-hybridized carbons (Fsp3) is 0.400. The Hall–Kier alpha value is -2.10. The molecule has 0 atom stereocenters. The molecule has 0 unspecified atom stereocenters. The van der Waals surface area contributed by atoms with Gasteiger partial charge in [0.15, 0.2) is 5.96 Å². The third-order valence-corrected chi connectivity index (χ3v) is 5.73. The molecule has 1 aromatic heterocycles. The van der Waals surface area contributed by atoms with Gasteiger partial charge >= 0.3 is 0 Å². The summed E-state index contributed by atoms with van der Waals surface area (Å²) in [5.41, 5.74) is 5.15. The molecule has 1 fully saturated rings. The molecule has 0 radical (unpaired) electrons. The van der Waals surface area contributed by atoms with Crippen molar-refractivity contribution in [2.24, 2.45) is 4.99 Å². The van der Waals surface area contributed by atoms with E-state index in [4.69, 9.17) is 9.73 Å². The van der Waals surface area contributed by atoms with Crippen LogP contribution < -0.4 is 10.6 Å². The molecule has 6 nitrogen and oxygen atoms in total. The zero-order chi connectivity index (χ0) is 21.3. The van der Waals surface area contributed by atoms with E-state index in [9.17, 15) is 0 Å². The Kier molecular flexibility index (Phi) is 9.83. The minimum absolute atomic E-state index is 0. The summed E-state index contributed by atoms with van der Waals surface area (Å²) in [6, 6.07) is 17.1. The summed E-state index contributed by atoms with van der Waals surface area (Å²) in [4.78, 5) is 10.7. The standard InChI is InChI=1S/C25H33N5O.HI/c1-2-26-25(27-12-11-21-18-28-24-10-6-5-9-23(21)24)29-17-20-7-3-4-8-22(20)19-30-13-15-31-16-14-30;/h3-10,18,28H,2,11-17,19H2,1H3,(H2,26,27,29);1H. The van der Waals surface area contributed by atoms with E-state index in [1.165, 1.54) is 27.6 Å². The molecule has 32 heavy (non-hydrogen) atoms. The molecule has 0 aliphatic carbocycles. The van der Waals surface area contributed by atoms with Crippen molar-refractivity contribution in [1.29, 1.82) is 0 Å². The zero-order valence-electron chi connectivity index (χ0n) is 18.8. The topological polar surface area (TPSA) is 64.7 Å². The third-order valence-electron chi connectivity index (χ3n) is 5.73. The lowest BCUT2D eigenvalue weighted by Gasteiger charge is -2.27. The molecule has 0 saturated carbocycles. The van der Waals surface area contributed by atoms with Crippen LogP contribution in [-0.2, 0) is 24.2 Å². The maximum absolute atomic E-state index is 5.48. The van der Waals surface area contributed by atoms with Crippen LogP contribution in [0.5, 0.6) is 0 Å². The van der Waals surface area contributed by atoms with E-state index in [-0.39, 0.29) is 24.0 Å². The summed E-state index contributed by atoms with van der Waals surface area (Å²) in [6.07, 6.45) is 3.06. The number of guanidine groups is 1. The van der Waals surface area contributed by atoms with Crippen LogP contribution in [0.25, 0.3) is 10.9 Å². The van der Waals surface area contributed by atoms with Crippen molar-refractivity contribution in [3.05, 3.63) is 71.4 Å². The highest BCUT2D eigenvalue weighted by Gasteiger charge is 2.12. The average molecular weight is 547 g/mol. The smallest absolute Gasteiger partial charge is 0.191 e. The Balaban J connectivity index is 0.00000289. The number of morpholine rings is 1. The number of aromatic amines is 1. The van der Waals surface area contributed by atoms with Crippen molar-refractivity contribution in [3.63, 3.8) is 0 Å². The summed E-state index contributed by atoms with van der Waals surface area (Å²) in [5, 5.41) is 8.16. The third kappa shape index (κ3) is 6.70. The molecule has 4 rings (SSSR count). The van der Waals surface area contributed by atoms with Gasteiger partial charge in [-0.25, -0.2) is 4.99 Å². The van der Waals surface area contributed by atoms with Crippen molar-refractivity contribution in [2.75, 3.05) is 39.4 Å². The number of H-pyrrole nitrogens is 1. The van der Waals surface area contributed by atoms with Crippen LogP contribution in [0.3, 0.4) is 0 Å². The number of rotatable bonds is 8. The summed E-state index contributed by atoms with van der Waals surface area (Å²) in [5.74, 6) is 0.864. The van der Waals surface area contributed by atoms with Gasteiger partial charge in [0.2, 0.25) is 0 Å². The first-order valence-electron chi connectivity index (χ1n) is 11.3. The minimum atomic E-state index is 0. The Morgan fingerprint density at radius 2 is 1.75 bits per heavy atom. The van der Waals surface area contributed by atoms with Gasteiger partial charge in [-0.05, 0) is 36.1 Å². The monoisotopic (exact) mass is 547 g/mol. The summed E-state index contributed by atoms with van der Waals surface area (Å²) >= 11 is 0. The molecular weight excluding hydrogens is 513 g/mol. The minimum Gasteiger partial charge on any atom is -0.379 e. The quantitative estimate of drug-likeness (QED) is 0.227. The first kappa shape index (κ1) is 24.5. The lowest BCUT2D eigenvalue weighted by atomic mass is 10.1. The van der Waals surface area contributed by atoms with Crippen LogP contribution in [-0.4, -0.2) is 55.2 Å². The predicted octanol–water partition coefficient (Wildman–Crippen LogP) is 3.92. The number of hydrogen-bond donors (Lipinski definition) is 3. The molecule has 1 aliphatic heterocycles. The molecule has 1 saturated heterocycles. The van der Waals surface area contributed by atoms with E-state index >= 15 is 0 Å². The second-order valence-corrected chi connectivity index (χ2v) is 7.89. The summed E-state index contributed by atoms with van der Waals surface area (Å²) in [7, 11) is 0. The highest BCUT2D eigenvalue weighted by Crippen LogP contribution is 2.18. The van der Waals surface area contributed by atoms with Gasteiger partial charge in [0, 0.05) is 49.8 Å². The fourth-order valence-electron chi connectivity index (χ4n) is 4.03. The van der Waals surface area contributed by atoms with Gasteiger partial charge in [-0.3, -0.25) is 4.90 Å². The highest BCUT2D eigenvalue weighted by molar-refractivity contribution is 14.0. The van der Waals surface area contributed by atoms with E-state index in [2.05, 4.69) is 82.2 Å². The van der Waals surface area contributed by atoms with Crippen molar-refractivity contribution < 1.29 is 4.74 Å². The Bertz CT molecular complexity index is 997. The second kappa shape index (κ2) is 12.8. The first-order valence-corrected chi connectivity index (χ1v) is 11.3. The lowest BCUT2D eigenvalue weighted by Crippen LogP contribution is -2.38. The number of fused-ring (bicyclic) bond motifs is 1. The van der Waals surface area contributed by atoms with E-state index in [1.807, 2.05) is 0 Å². The Labute approximate surface area is 207 Å². The van der Waals surface area contributed by atoms with Crippen molar-refractivity contribution >= 4 is 40.8 Å². The van der Waals surface area contributed by atoms with Crippen molar-refractivity contribution in [2.45, 2.75) is 26.4 Å². The van der Waals surface area contributed by atoms with Crippen LogP contribution >= 0.6 is 24.0 Å². The lowest BCUT2D eigenvalue weighted by molar-refractivity contribution is 0.0341. The first-order chi connectivity index (χ1) is 15.3. The van der Waals surface area contributed by atoms with Gasteiger partial charge in [0.05, 0.1) is 19.8 Å². The zero-order valence-corrected chi connectivity index (χ0v) is 21.1. The summed E-state index contributed by atoms with van der Waals surface area (Å²) in [6.45, 7) is 9.05. The number of ether oxygens (including phenoxy) is 1. The molecule has 0 amide bonds. The normalized spacial score (nSPS) is 14.8. The molecule has 1 aliphatic rings. The molecule has 0 spiro atoms. The van der Waals surface area contributed by atoms with Crippen LogP contribution in [0.2, 0.25) is 0 Å². The van der Waals surface area contributed by atoms with Gasteiger partial charge in [-0.2, -0.15) is 0 Å². The second-order valence-electron chi connectivity index (χ2n) is 7.89. The van der Waals surface area contributed by atoms with Crippen molar-refractivity contribution in [3.8, 4) is 0 Å². The van der Waals surface area contributed by atoms with Gasteiger partial charge < -0.3 is 20.4 Å². The van der Waals surface area contributed by atoms with Gasteiger partial charge in [0.25, 0.3) is 0 Å². The van der Waals surface area contributed by atoms with E-state index in [1.54, 1.807) is 0 Å². The van der Waals surface area contributed by atoms with Crippen LogP contribution in [0.15, 0.2) is 59.7 Å². The molecule has 3 N–H and O–H groups in total. The molecular formula is C25H34IN5O. The SMILES string of the molecule is CCNC(=NCc1ccccc1CN1CCOCC1)NCCc1c[nH]c2ccccc12.I. The molecule has 2 heterocycles. The molecule has 172 valence electrons. The van der Waals surface area contributed by atoms with E-state index in [0.717, 1.165) is 58.3 Å². The number of nitrogens with one attached hydrogen (secondary N) is 3. The number of benzene rings is 2. The van der Waals surface area contributed by atoms with Crippen LogP contribution in [0.1, 0.15) is 23.6 Å². The number of aromatic nitrogens is 1. The molecule has 0 bridgehead atoms. The fourth-order valence-corrected chi connectivity index (χ4v) is 4.03. The number of para-hydroxylation sites is 1. The Morgan fingerprint density at radius 3 is 2.56 bits per heavy atom. The molecule has 3 aromatic rings. The van der Waals surface area contributed by atoms with Crippen LogP contribution in [0, 0.1) is 0 Å². The largest absolute Gasteiger partial charge is 0.379 e. The van der Waals surface area contributed by atoms with Crippen LogP contribution in [0.4, 0.5) is 0 Å². The highest BCUT2D eigenvalue weighted by atomic mass is 127. The van der Waals surface area contributed by atoms with Gasteiger partial charge in [-0.1, -0.05) is 42.5 Å². The van der Waals surface area contributed by atoms with Gasteiger partial charge in [-0.15, -0.1) is 24.0 Å². The average Bonchev–Trinajstić information content (AvgIpc) is 3.22. The summed E-state index contributed by atoms with van der Waals surface area (Å²) < 4.78 is 5.48. The number of hydrogen-bond acceptors (Lipinski definition) is 3. The maximum Gasteiger partial charge on any atom is 0.191 e. The number of nitrogens with zero attached hydrogens (tertiary/aromatic N) is 2. The predicted molar refractivity (Wildman–Crippen MR) is 143 cm³/mol. The van der Waals surface area contributed by atoms with E-state index < -0.39 is 0 Å². The number of halogens is 1. The van der Waals surface area contributed by atoms with Crippen molar-refractivity contribution in [1.82, 2.24) is 20.5 Å².